The summed E-state index contributed by atoms with van der Waals surface area (Å²) < 4.78 is 0. The van der Waals surface area contributed by atoms with E-state index in [2.05, 4.69) is 21.2 Å². The zero-order chi connectivity index (χ0) is 20.2. The summed E-state index contributed by atoms with van der Waals surface area (Å²) in [5.41, 5.74) is 8.04. The summed E-state index contributed by atoms with van der Waals surface area (Å²) in [6.07, 6.45) is 5.28. The lowest BCUT2D eigenvalue weighted by Gasteiger charge is -2.28. The molecule has 2 aromatic rings. The van der Waals surface area contributed by atoms with E-state index in [0.29, 0.717) is 24.9 Å². The van der Waals surface area contributed by atoms with Crippen LogP contribution < -0.4 is 16.2 Å². The monoisotopic (exact) mass is 413 g/mol. The van der Waals surface area contributed by atoms with Gasteiger partial charge in [0.1, 0.15) is 6.04 Å². The number of rotatable bonds is 6. The predicted octanol–water partition coefficient (Wildman–Crippen LogP) is 2.60. The molecule has 4 rings (SSSR count). The highest BCUT2D eigenvalue weighted by molar-refractivity contribution is 7.98. The zero-order valence-electron chi connectivity index (χ0n) is 15.8. The van der Waals surface area contributed by atoms with Gasteiger partial charge in [0.2, 0.25) is 11.9 Å². The van der Waals surface area contributed by atoms with Gasteiger partial charge in [-0.2, -0.15) is 0 Å². The number of fused-ring (bicyclic) bond motifs is 1. The molecule has 0 spiro atoms. The summed E-state index contributed by atoms with van der Waals surface area (Å²) in [5.74, 6) is 0.593. The third kappa shape index (κ3) is 4.75. The summed E-state index contributed by atoms with van der Waals surface area (Å²) in [7, 11) is 0. The van der Waals surface area contributed by atoms with Gasteiger partial charge in [-0.3, -0.25) is 25.3 Å². The summed E-state index contributed by atoms with van der Waals surface area (Å²) in [6.45, 7) is 0. The number of thioether (sulfide) groups is 1. The van der Waals surface area contributed by atoms with Gasteiger partial charge in [-0.1, -0.05) is 6.07 Å². The van der Waals surface area contributed by atoms with Crippen LogP contribution in [0.15, 0.2) is 53.7 Å². The fraction of sp³-hybridized carbons (Fsp3) is 0.400. The number of amides is 1. The lowest BCUT2D eigenvalue weighted by Crippen LogP contribution is -2.44. The van der Waals surface area contributed by atoms with Crippen LogP contribution in [-0.4, -0.2) is 33.9 Å². The first-order valence-corrected chi connectivity index (χ1v) is 10.7. The first kappa shape index (κ1) is 19.8. The van der Waals surface area contributed by atoms with Crippen LogP contribution in [0.3, 0.4) is 0 Å². The van der Waals surface area contributed by atoms with E-state index in [1.807, 2.05) is 42.6 Å². The number of benzene rings is 1. The lowest BCUT2D eigenvalue weighted by molar-refractivity contribution is -0.528. The highest BCUT2D eigenvalue weighted by Gasteiger charge is 2.46. The Bertz CT molecular complexity index is 864. The van der Waals surface area contributed by atoms with E-state index < -0.39 is 12.1 Å². The van der Waals surface area contributed by atoms with Crippen LogP contribution in [-0.2, 0) is 10.5 Å². The largest absolute Gasteiger partial charge is 0.325 e. The van der Waals surface area contributed by atoms with Gasteiger partial charge in [-0.05, 0) is 42.3 Å². The second-order valence-electron chi connectivity index (χ2n) is 7.45. The van der Waals surface area contributed by atoms with Crippen molar-refractivity contribution in [2.24, 2.45) is 5.92 Å². The molecular weight excluding hydrogens is 390 g/mol. The van der Waals surface area contributed by atoms with Gasteiger partial charge in [-0.15, -0.1) is 11.8 Å². The van der Waals surface area contributed by atoms with Crippen molar-refractivity contribution in [3.05, 3.63) is 64.5 Å². The van der Waals surface area contributed by atoms with Crippen LogP contribution in [0.5, 0.6) is 0 Å². The number of carbonyl (C=O) groups is 1. The molecule has 1 saturated heterocycles. The number of pyridine rings is 1. The molecule has 2 fully saturated rings. The number of carbonyl (C=O) groups excluding carboxylic acids is 1. The third-order valence-corrected chi connectivity index (χ3v) is 6.64. The van der Waals surface area contributed by atoms with E-state index in [0.717, 1.165) is 16.2 Å². The Kier molecular flexibility index (Phi) is 6.08. The normalized spacial score (nSPS) is 25.9. The number of nitrogens with zero attached hydrogens (tertiary/aromatic N) is 2. The molecule has 1 aliphatic heterocycles. The summed E-state index contributed by atoms with van der Waals surface area (Å²) in [6, 6.07) is 10.7. The number of hydrogen-bond donors (Lipinski definition) is 3. The topological polar surface area (TPSA) is 109 Å². The minimum atomic E-state index is -0.565. The van der Waals surface area contributed by atoms with E-state index in [-0.39, 0.29) is 22.8 Å². The Morgan fingerprint density at radius 3 is 2.79 bits per heavy atom. The van der Waals surface area contributed by atoms with Crippen molar-refractivity contribution >= 4 is 23.4 Å². The molecule has 8 nitrogen and oxygen atoms in total. The van der Waals surface area contributed by atoms with E-state index in [1.165, 1.54) is 0 Å². The van der Waals surface area contributed by atoms with Gasteiger partial charge < -0.3 is 5.32 Å². The van der Waals surface area contributed by atoms with Crippen molar-refractivity contribution in [1.82, 2.24) is 15.8 Å². The van der Waals surface area contributed by atoms with E-state index in [1.54, 1.807) is 18.0 Å². The molecule has 1 aromatic heterocycles. The molecule has 1 saturated carbocycles. The Morgan fingerprint density at radius 1 is 1.24 bits per heavy atom. The summed E-state index contributed by atoms with van der Waals surface area (Å²) >= 11 is 1.71. The van der Waals surface area contributed by atoms with E-state index in [4.69, 9.17) is 0 Å². The molecule has 152 valence electrons. The zero-order valence-corrected chi connectivity index (χ0v) is 16.6. The number of nitro groups is 1. The number of aromatic nitrogens is 1. The van der Waals surface area contributed by atoms with Gasteiger partial charge in [0.05, 0.1) is 0 Å². The minimum absolute atomic E-state index is 0.0755. The van der Waals surface area contributed by atoms with Crippen LogP contribution in [0.25, 0.3) is 0 Å². The molecule has 2 aliphatic rings. The summed E-state index contributed by atoms with van der Waals surface area (Å²) in [5, 5.41) is 14.1. The maximum Gasteiger partial charge on any atom is 0.243 e. The van der Waals surface area contributed by atoms with Crippen molar-refractivity contribution in [3.8, 4) is 0 Å². The maximum absolute atomic E-state index is 12.7. The van der Waals surface area contributed by atoms with Gasteiger partial charge in [0, 0.05) is 58.5 Å². The van der Waals surface area contributed by atoms with E-state index in [9.17, 15) is 14.9 Å². The Hall–Kier alpha value is -2.49. The SMILES string of the molecule is O=C(Nc1ccc(SCc2cccnc2)cc1)C1NNC2CCC([N+](=O)[O-])CC21. The van der Waals surface area contributed by atoms with Crippen LogP contribution in [0.2, 0.25) is 0 Å². The fourth-order valence-electron chi connectivity index (χ4n) is 3.99. The van der Waals surface area contributed by atoms with Crippen LogP contribution in [0.4, 0.5) is 5.69 Å². The van der Waals surface area contributed by atoms with Gasteiger partial charge in [0.15, 0.2) is 0 Å². The summed E-state index contributed by atoms with van der Waals surface area (Å²) in [4.78, 5) is 28.9. The molecule has 0 radical (unpaired) electrons. The highest BCUT2D eigenvalue weighted by Crippen LogP contribution is 2.32. The molecule has 4 atom stereocenters. The number of nitrogens with one attached hydrogen (secondary N) is 3. The van der Waals surface area contributed by atoms with Gasteiger partial charge in [-0.25, -0.2) is 5.43 Å². The molecule has 0 bridgehead atoms. The molecule has 1 aromatic carbocycles. The van der Waals surface area contributed by atoms with Crippen LogP contribution in [0, 0.1) is 16.0 Å². The van der Waals surface area contributed by atoms with Crippen molar-refractivity contribution in [3.63, 3.8) is 0 Å². The first-order valence-electron chi connectivity index (χ1n) is 9.67. The first-order chi connectivity index (χ1) is 14.1. The Morgan fingerprint density at radius 2 is 2.07 bits per heavy atom. The smallest absolute Gasteiger partial charge is 0.243 e. The lowest BCUT2D eigenvalue weighted by atomic mass is 9.79. The highest BCUT2D eigenvalue weighted by atomic mass is 32.2. The second kappa shape index (κ2) is 8.89. The molecule has 4 unspecified atom stereocenters. The Labute approximate surface area is 173 Å². The van der Waals surface area contributed by atoms with Gasteiger partial charge >= 0.3 is 0 Å². The minimum Gasteiger partial charge on any atom is -0.325 e. The quantitative estimate of drug-likeness (QED) is 0.379. The van der Waals surface area contributed by atoms with Crippen LogP contribution >= 0.6 is 11.8 Å². The molecule has 29 heavy (non-hydrogen) atoms. The van der Waals surface area contributed by atoms with Crippen molar-refractivity contribution < 1.29 is 9.72 Å². The third-order valence-electron chi connectivity index (χ3n) is 5.56. The number of hydrazine groups is 1. The van der Waals surface area contributed by atoms with Gasteiger partial charge in [0.25, 0.3) is 0 Å². The van der Waals surface area contributed by atoms with Crippen LogP contribution in [0.1, 0.15) is 24.8 Å². The van der Waals surface area contributed by atoms with Crippen molar-refractivity contribution in [1.29, 1.82) is 0 Å². The standard InChI is InChI=1S/C20H23N5O3S/c26-20(19-17-10-15(25(27)28)5-8-18(17)23-24-19)22-14-3-6-16(7-4-14)29-12-13-2-1-9-21-11-13/h1-4,6-7,9,11,15,17-19,23-24H,5,8,10,12H2,(H,22,26). The molecule has 2 heterocycles. The second-order valence-corrected chi connectivity index (χ2v) is 8.50. The molecule has 9 heteroatoms. The molecule has 1 aliphatic carbocycles. The number of hydrogen-bond acceptors (Lipinski definition) is 7. The molecule has 3 N–H and O–H groups in total. The van der Waals surface area contributed by atoms with Crippen molar-refractivity contribution in [2.45, 2.75) is 48.0 Å². The molecule has 1 amide bonds. The Balaban J connectivity index is 1.33. The average Bonchev–Trinajstić information content (AvgIpc) is 3.17. The van der Waals surface area contributed by atoms with Crippen molar-refractivity contribution in [2.75, 3.05) is 5.32 Å². The number of anilines is 1. The predicted molar refractivity (Wildman–Crippen MR) is 111 cm³/mol. The maximum atomic E-state index is 12.7. The van der Waals surface area contributed by atoms with E-state index >= 15 is 0 Å². The molecular formula is C20H23N5O3S. The fourth-order valence-corrected chi connectivity index (χ4v) is 4.82. The average molecular weight is 414 g/mol.